The number of carboxylic acids is 2. The molecule has 2 rings (SSSR count). The fourth-order valence-corrected chi connectivity index (χ4v) is 2.13. The van der Waals surface area contributed by atoms with E-state index in [2.05, 4.69) is 0 Å². The predicted octanol–water partition coefficient (Wildman–Crippen LogP) is 1.13. The van der Waals surface area contributed by atoms with E-state index in [1.807, 2.05) is 0 Å². The Hall–Kier alpha value is -2.90. The number of aliphatic carboxylic acids is 2. The third-order valence-corrected chi connectivity index (χ3v) is 3.20. The van der Waals surface area contributed by atoms with Crippen molar-refractivity contribution < 1.29 is 24.7 Å². The number of nitro groups is 1. The summed E-state index contributed by atoms with van der Waals surface area (Å²) in [5.41, 5.74) is 0.449. The van der Waals surface area contributed by atoms with Gasteiger partial charge >= 0.3 is 11.9 Å². The van der Waals surface area contributed by atoms with E-state index in [1.54, 1.807) is 4.90 Å². The van der Waals surface area contributed by atoms with Gasteiger partial charge in [-0.15, -0.1) is 0 Å². The number of anilines is 1. The predicted molar refractivity (Wildman–Crippen MR) is 72.2 cm³/mol. The van der Waals surface area contributed by atoms with Crippen molar-refractivity contribution >= 4 is 23.3 Å². The molecule has 0 amide bonds. The summed E-state index contributed by atoms with van der Waals surface area (Å²) >= 11 is 0. The van der Waals surface area contributed by atoms with Crippen molar-refractivity contribution in [1.82, 2.24) is 0 Å². The third kappa shape index (κ3) is 3.16. The molecule has 0 saturated carbocycles. The third-order valence-electron chi connectivity index (χ3n) is 3.20. The monoisotopic (exact) mass is 292 g/mol. The van der Waals surface area contributed by atoms with Gasteiger partial charge in [-0.1, -0.05) is 6.08 Å². The van der Waals surface area contributed by atoms with E-state index in [9.17, 15) is 19.7 Å². The van der Waals surface area contributed by atoms with Crippen LogP contribution in [-0.2, 0) is 9.59 Å². The number of nitro benzene ring substituents is 1. The number of rotatable bonds is 4. The molecular weight excluding hydrogens is 280 g/mol. The summed E-state index contributed by atoms with van der Waals surface area (Å²) in [6.07, 6.45) is 1.23. The Bertz CT molecular complexity index is 622. The van der Waals surface area contributed by atoms with Crippen molar-refractivity contribution in [3.63, 3.8) is 0 Å². The maximum atomic E-state index is 11.1. The van der Waals surface area contributed by atoms with Crippen molar-refractivity contribution in [3.8, 4) is 0 Å². The molecule has 1 aromatic rings. The Labute approximate surface area is 119 Å². The lowest BCUT2D eigenvalue weighted by Gasteiger charge is -2.31. The van der Waals surface area contributed by atoms with Crippen LogP contribution in [0.3, 0.4) is 0 Å². The molecule has 1 aliphatic heterocycles. The second-order valence-corrected chi connectivity index (χ2v) is 4.60. The second kappa shape index (κ2) is 5.61. The number of hydrogen-bond acceptors (Lipinski definition) is 5. The van der Waals surface area contributed by atoms with Crippen LogP contribution in [0.4, 0.5) is 11.4 Å². The molecule has 0 fully saturated rings. The molecule has 2 N–H and O–H groups in total. The van der Waals surface area contributed by atoms with Crippen LogP contribution in [0.1, 0.15) is 0 Å². The summed E-state index contributed by atoms with van der Waals surface area (Å²) in [4.78, 5) is 33.8. The van der Waals surface area contributed by atoms with Gasteiger partial charge in [0.15, 0.2) is 0 Å². The fraction of sp³-hybridized carbons (Fsp3) is 0.231. The van der Waals surface area contributed by atoms with Gasteiger partial charge in [0.25, 0.3) is 5.69 Å². The van der Waals surface area contributed by atoms with E-state index in [1.165, 1.54) is 30.3 Å². The van der Waals surface area contributed by atoms with Crippen LogP contribution in [-0.4, -0.2) is 40.2 Å². The maximum Gasteiger partial charge on any atom is 0.333 e. The lowest BCUT2D eigenvalue weighted by Crippen LogP contribution is -2.39. The molecule has 1 aliphatic rings. The van der Waals surface area contributed by atoms with Crippen LogP contribution in [0, 0.1) is 16.0 Å². The molecule has 0 aliphatic carbocycles. The first-order chi connectivity index (χ1) is 9.88. The SMILES string of the molecule is O=C(O)C1=CC(C(=O)O)CN(c2ccc([N+](=O)[O-])cc2)C1. The summed E-state index contributed by atoms with van der Waals surface area (Å²) in [5, 5.41) is 28.7. The zero-order valence-corrected chi connectivity index (χ0v) is 10.8. The Kier molecular flexibility index (Phi) is 3.88. The molecule has 1 atom stereocenters. The van der Waals surface area contributed by atoms with Crippen LogP contribution in [0.25, 0.3) is 0 Å². The highest BCUT2D eigenvalue weighted by Gasteiger charge is 2.28. The van der Waals surface area contributed by atoms with Crippen LogP contribution in [0.2, 0.25) is 0 Å². The molecule has 1 heterocycles. The van der Waals surface area contributed by atoms with Crippen molar-refractivity contribution in [2.75, 3.05) is 18.0 Å². The van der Waals surface area contributed by atoms with Gasteiger partial charge in [-0.3, -0.25) is 14.9 Å². The zero-order chi connectivity index (χ0) is 15.6. The topological polar surface area (TPSA) is 121 Å². The van der Waals surface area contributed by atoms with Gasteiger partial charge in [-0.05, 0) is 12.1 Å². The molecule has 21 heavy (non-hydrogen) atoms. The maximum absolute atomic E-state index is 11.1. The van der Waals surface area contributed by atoms with Gasteiger partial charge < -0.3 is 15.1 Å². The van der Waals surface area contributed by atoms with Crippen LogP contribution in [0.15, 0.2) is 35.9 Å². The Balaban J connectivity index is 2.27. The number of nitrogens with zero attached hydrogens (tertiary/aromatic N) is 2. The van der Waals surface area contributed by atoms with Crippen LogP contribution in [0.5, 0.6) is 0 Å². The summed E-state index contributed by atoms with van der Waals surface area (Å²) in [7, 11) is 0. The summed E-state index contributed by atoms with van der Waals surface area (Å²) < 4.78 is 0. The summed E-state index contributed by atoms with van der Waals surface area (Å²) in [6, 6.07) is 5.54. The lowest BCUT2D eigenvalue weighted by molar-refractivity contribution is -0.384. The quantitative estimate of drug-likeness (QED) is 0.630. The van der Waals surface area contributed by atoms with E-state index in [4.69, 9.17) is 10.2 Å². The zero-order valence-electron chi connectivity index (χ0n) is 10.8. The number of carbonyl (C=O) groups is 2. The van der Waals surface area contributed by atoms with Gasteiger partial charge in [0.1, 0.15) is 0 Å². The first kappa shape index (κ1) is 14.5. The molecule has 8 nitrogen and oxygen atoms in total. The van der Waals surface area contributed by atoms with E-state index < -0.39 is 22.8 Å². The molecule has 8 heteroatoms. The molecule has 0 spiro atoms. The van der Waals surface area contributed by atoms with Gasteiger partial charge in [0.2, 0.25) is 0 Å². The van der Waals surface area contributed by atoms with Gasteiger partial charge in [0.05, 0.1) is 16.4 Å². The van der Waals surface area contributed by atoms with Crippen molar-refractivity contribution in [2.45, 2.75) is 0 Å². The van der Waals surface area contributed by atoms with Crippen LogP contribution >= 0.6 is 0 Å². The average molecular weight is 292 g/mol. The second-order valence-electron chi connectivity index (χ2n) is 4.60. The number of hydrogen-bond donors (Lipinski definition) is 2. The van der Waals surface area contributed by atoms with Crippen molar-refractivity contribution in [1.29, 1.82) is 0 Å². The smallest absolute Gasteiger partial charge is 0.333 e. The normalized spacial score (nSPS) is 18.0. The van der Waals surface area contributed by atoms with E-state index in [0.29, 0.717) is 5.69 Å². The minimum Gasteiger partial charge on any atom is -0.481 e. The van der Waals surface area contributed by atoms with Gasteiger partial charge in [-0.2, -0.15) is 0 Å². The van der Waals surface area contributed by atoms with Crippen LogP contribution < -0.4 is 4.90 Å². The minimum atomic E-state index is -1.17. The molecule has 0 aromatic heterocycles. The number of non-ortho nitro benzene ring substituents is 1. The lowest BCUT2D eigenvalue weighted by atomic mass is 9.99. The molecule has 110 valence electrons. The Morgan fingerprint density at radius 1 is 1.24 bits per heavy atom. The fourth-order valence-electron chi connectivity index (χ4n) is 2.13. The average Bonchev–Trinajstić information content (AvgIpc) is 2.46. The van der Waals surface area contributed by atoms with E-state index in [-0.39, 0.29) is 24.4 Å². The number of benzene rings is 1. The van der Waals surface area contributed by atoms with E-state index >= 15 is 0 Å². The molecule has 0 radical (unpaired) electrons. The highest BCUT2D eigenvalue weighted by atomic mass is 16.6. The van der Waals surface area contributed by atoms with Crippen molar-refractivity contribution in [3.05, 3.63) is 46.0 Å². The van der Waals surface area contributed by atoms with Crippen molar-refractivity contribution in [2.24, 2.45) is 5.92 Å². The largest absolute Gasteiger partial charge is 0.481 e. The summed E-state index contributed by atoms with van der Waals surface area (Å²) in [6.45, 7) is 0.168. The molecular formula is C13H12N2O6. The minimum absolute atomic E-state index is 0.00740. The Morgan fingerprint density at radius 2 is 1.86 bits per heavy atom. The first-order valence-corrected chi connectivity index (χ1v) is 6.04. The number of carboxylic acid groups (broad SMARTS) is 2. The standard InChI is InChI=1S/C13H12N2O6/c16-12(17)8-5-9(13(18)19)7-14(6-8)10-1-3-11(4-2-10)15(20)21/h1-5,8H,6-7H2,(H,16,17)(H,18,19). The highest BCUT2D eigenvalue weighted by Crippen LogP contribution is 2.25. The van der Waals surface area contributed by atoms with Gasteiger partial charge in [-0.25, -0.2) is 4.79 Å². The summed E-state index contributed by atoms with van der Waals surface area (Å²) in [5.74, 6) is -3.21. The van der Waals surface area contributed by atoms with E-state index in [0.717, 1.165) is 0 Å². The Morgan fingerprint density at radius 3 is 2.33 bits per heavy atom. The molecule has 0 saturated heterocycles. The van der Waals surface area contributed by atoms with Gasteiger partial charge in [0, 0.05) is 30.9 Å². The first-order valence-electron chi connectivity index (χ1n) is 6.04. The molecule has 0 bridgehead atoms. The highest BCUT2D eigenvalue weighted by molar-refractivity contribution is 5.90. The molecule has 1 unspecified atom stereocenters. The molecule has 1 aromatic carbocycles.